The Morgan fingerprint density at radius 1 is 1.15 bits per heavy atom. The summed E-state index contributed by atoms with van der Waals surface area (Å²) in [6.45, 7) is 0. The van der Waals surface area contributed by atoms with Crippen molar-refractivity contribution in [1.82, 2.24) is 0 Å². The summed E-state index contributed by atoms with van der Waals surface area (Å²) in [5, 5.41) is 3.03. The minimum atomic E-state index is -0.00907. The fourth-order valence-corrected chi connectivity index (χ4v) is 5.09. The summed E-state index contributed by atoms with van der Waals surface area (Å²) in [6, 6.07) is 13.4. The van der Waals surface area contributed by atoms with E-state index in [1.807, 2.05) is 42.5 Å². The molecule has 0 unspecified atom stereocenters. The highest BCUT2D eigenvalue weighted by molar-refractivity contribution is 7.99. The highest BCUT2D eigenvalue weighted by atomic mass is 32.2. The van der Waals surface area contributed by atoms with Crippen molar-refractivity contribution < 1.29 is 9.59 Å². The zero-order valence-corrected chi connectivity index (χ0v) is 16.3. The van der Waals surface area contributed by atoms with E-state index >= 15 is 0 Å². The van der Waals surface area contributed by atoms with E-state index in [2.05, 4.69) is 5.32 Å². The van der Waals surface area contributed by atoms with Gasteiger partial charge in [-0.2, -0.15) is 0 Å². The molecule has 2 amide bonds. The Labute approximate surface area is 164 Å². The Hall–Kier alpha value is -2.27. The molecule has 0 bridgehead atoms. The van der Waals surface area contributed by atoms with Crippen molar-refractivity contribution >= 4 is 35.0 Å². The molecule has 1 saturated carbocycles. The highest BCUT2D eigenvalue weighted by Crippen LogP contribution is 2.42. The van der Waals surface area contributed by atoms with Gasteiger partial charge in [0.15, 0.2) is 0 Å². The van der Waals surface area contributed by atoms with Gasteiger partial charge in [0.05, 0.1) is 11.3 Å². The predicted octanol–water partition coefficient (Wildman–Crippen LogP) is 5.34. The SMILES string of the molecule is CN1C(=O)c2ccccc2Sc2cc(NC(=O)CCC3CCCC3)ccc21. The van der Waals surface area contributed by atoms with Crippen LogP contribution in [0.4, 0.5) is 11.4 Å². The quantitative estimate of drug-likeness (QED) is 0.779. The van der Waals surface area contributed by atoms with Crippen molar-refractivity contribution in [3.8, 4) is 0 Å². The standard InChI is InChI=1S/C22H24N2O2S/c1-24-18-12-11-16(23-21(25)13-10-15-6-2-3-7-15)14-20(18)27-19-9-5-4-8-17(19)22(24)26/h4-5,8-9,11-12,14-15H,2-3,6-7,10,13H2,1H3,(H,23,25). The van der Waals surface area contributed by atoms with E-state index in [0.29, 0.717) is 12.0 Å². The van der Waals surface area contributed by atoms with Crippen LogP contribution in [0.25, 0.3) is 0 Å². The molecule has 140 valence electrons. The third-order valence-electron chi connectivity index (χ3n) is 5.50. The first-order valence-corrected chi connectivity index (χ1v) is 10.4. The molecular formula is C22H24N2O2S. The molecule has 1 aliphatic carbocycles. The Morgan fingerprint density at radius 2 is 1.93 bits per heavy atom. The molecule has 5 heteroatoms. The number of nitrogens with zero attached hydrogens (tertiary/aromatic N) is 1. The van der Waals surface area contributed by atoms with E-state index in [1.54, 1.807) is 23.7 Å². The van der Waals surface area contributed by atoms with Gasteiger partial charge in [-0.25, -0.2) is 0 Å². The lowest BCUT2D eigenvalue weighted by Crippen LogP contribution is -2.26. The largest absolute Gasteiger partial charge is 0.326 e. The Balaban J connectivity index is 1.51. The zero-order chi connectivity index (χ0) is 18.8. The monoisotopic (exact) mass is 380 g/mol. The number of benzene rings is 2. The van der Waals surface area contributed by atoms with E-state index in [1.165, 1.54) is 25.7 Å². The maximum Gasteiger partial charge on any atom is 0.259 e. The fourth-order valence-electron chi connectivity index (χ4n) is 3.95. The van der Waals surface area contributed by atoms with Gasteiger partial charge in [0.2, 0.25) is 5.91 Å². The lowest BCUT2D eigenvalue weighted by molar-refractivity contribution is -0.116. The normalized spacial score (nSPS) is 16.6. The first kappa shape index (κ1) is 18.1. The van der Waals surface area contributed by atoms with Crippen LogP contribution >= 0.6 is 11.8 Å². The molecule has 0 radical (unpaired) electrons. The smallest absolute Gasteiger partial charge is 0.259 e. The third kappa shape index (κ3) is 3.88. The number of fused-ring (bicyclic) bond motifs is 2. The molecule has 2 aromatic rings. The molecule has 2 aromatic carbocycles. The molecule has 0 saturated heterocycles. The zero-order valence-electron chi connectivity index (χ0n) is 15.5. The van der Waals surface area contributed by atoms with E-state index in [-0.39, 0.29) is 11.8 Å². The third-order valence-corrected chi connectivity index (χ3v) is 6.62. The Kier molecular flexibility index (Phi) is 5.21. The average molecular weight is 381 g/mol. The van der Waals surface area contributed by atoms with Gasteiger partial charge in [0, 0.05) is 28.9 Å². The molecule has 1 aliphatic heterocycles. The van der Waals surface area contributed by atoms with Crippen molar-refractivity contribution in [2.75, 3.05) is 17.3 Å². The van der Waals surface area contributed by atoms with Crippen LogP contribution < -0.4 is 10.2 Å². The van der Waals surface area contributed by atoms with Crippen LogP contribution in [0, 0.1) is 5.92 Å². The molecule has 0 aromatic heterocycles. The second-order valence-corrected chi connectivity index (χ2v) is 8.47. The van der Waals surface area contributed by atoms with Crippen molar-refractivity contribution in [2.45, 2.75) is 48.3 Å². The van der Waals surface area contributed by atoms with Crippen molar-refractivity contribution in [2.24, 2.45) is 5.92 Å². The highest BCUT2D eigenvalue weighted by Gasteiger charge is 2.24. The lowest BCUT2D eigenvalue weighted by atomic mass is 10.0. The first-order chi connectivity index (χ1) is 13.1. The van der Waals surface area contributed by atoms with Crippen LogP contribution in [-0.4, -0.2) is 18.9 Å². The summed E-state index contributed by atoms with van der Waals surface area (Å²) in [7, 11) is 1.80. The van der Waals surface area contributed by atoms with Gasteiger partial charge in [0.1, 0.15) is 0 Å². The summed E-state index contributed by atoms with van der Waals surface area (Å²) in [5.41, 5.74) is 2.37. The maximum absolute atomic E-state index is 12.7. The molecule has 27 heavy (non-hydrogen) atoms. The number of anilines is 2. The van der Waals surface area contributed by atoms with E-state index < -0.39 is 0 Å². The van der Waals surface area contributed by atoms with Crippen LogP contribution in [0.1, 0.15) is 48.9 Å². The van der Waals surface area contributed by atoms with Gasteiger partial charge in [0.25, 0.3) is 5.91 Å². The van der Waals surface area contributed by atoms with Crippen molar-refractivity contribution in [1.29, 1.82) is 0 Å². The van der Waals surface area contributed by atoms with E-state index in [0.717, 1.165) is 33.5 Å². The fraction of sp³-hybridized carbons (Fsp3) is 0.364. The average Bonchev–Trinajstić information content (AvgIpc) is 3.16. The van der Waals surface area contributed by atoms with Gasteiger partial charge in [-0.15, -0.1) is 0 Å². The molecule has 2 aliphatic rings. The molecular weight excluding hydrogens is 356 g/mol. The van der Waals surface area contributed by atoms with Gasteiger partial charge in [-0.3, -0.25) is 9.59 Å². The minimum absolute atomic E-state index is 0.00907. The number of amides is 2. The van der Waals surface area contributed by atoms with Crippen molar-refractivity contribution in [3.05, 3.63) is 48.0 Å². The summed E-state index contributed by atoms with van der Waals surface area (Å²) in [4.78, 5) is 28.7. The van der Waals surface area contributed by atoms with Crippen LogP contribution in [-0.2, 0) is 4.79 Å². The Bertz CT molecular complexity index is 874. The number of carbonyl (C=O) groups excluding carboxylic acids is 2. The summed E-state index contributed by atoms with van der Waals surface area (Å²) in [5.74, 6) is 0.782. The second kappa shape index (κ2) is 7.77. The van der Waals surface area contributed by atoms with Gasteiger partial charge in [-0.05, 0) is 42.7 Å². The minimum Gasteiger partial charge on any atom is -0.326 e. The van der Waals surface area contributed by atoms with Crippen LogP contribution in [0.2, 0.25) is 0 Å². The predicted molar refractivity (Wildman–Crippen MR) is 110 cm³/mol. The molecule has 0 spiro atoms. The Morgan fingerprint density at radius 3 is 2.74 bits per heavy atom. The first-order valence-electron chi connectivity index (χ1n) is 9.60. The molecule has 1 fully saturated rings. The summed E-state index contributed by atoms with van der Waals surface area (Å²) in [6.07, 6.45) is 6.71. The summed E-state index contributed by atoms with van der Waals surface area (Å²) >= 11 is 1.57. The molecule has 0 atom stereocenters. The molecule has 4 nitrogen and oxygen atoms in total. The summed E-state index contributed by atoms with van der Waals surface area (Å²) < 4.78 is 0. The van der Waals surface area contributed by atoms with Crippen LogP contribution in [0.15, 0.2) is 52.3 Å². The number of rotatable bonds is 4. The number of carbonyl (C=O) groups is 2. The molecule has 1 heterocycles. The van der Waals surface area contributed by atoms with E-state index in [4.69, 9.17) is 0 Å². The number of nitrogens with one attached hydrogen (secondary N) is 1. The molecule has 1 N–H and O–H groups in total. The van der Waals surface area contributed by atoms with E-state index in [9.17, 15) is 9.59 Å². The van der Waals surface area contributed by atoms with Gasteiger partial charge in [-0.1, -0.05) is 49.6 Å². The van der Waals surface area contributed by atoms with Gasteiger partial charge < -0.3 is 10.2 Å². The number of hydrogen-bond acceptors (Lipinski definition) is 3. The van der Waals surface area contributed by atoms with Crippen LogP contribution in [0.3, 0.4) is 0 Å². The second-order valence-electron chi connectivity index (χ2n) is 7.38. The maximum atomic E-state index is 12.7. The van der Waals surface area contributed by atoms with Gasteiger partial charge >= 0.3 is 0 Å². The number of hydrogen-bond donors (Lipinski definition) is 1. The van der Waals surface area contributed by atoms with Crippen LogP contribution in [0.5, 0.6) is 0 Å². The molecule has 4 rings (SSSR count). The topological polar surface area (TPSA) is 49.4 Å². The van der Waals surface area contributed by atoms with Crippen molar-refractivity contribution in [3.63, 3.8) is 0 Å². The lowest BCUT2D eigenvalue weighted by Gasteiger charge is -2.18.